The molecule has 29 heavy (non-hydrogen) atoms. The van der Waals surface area contributed by atoms with Gasteiger partial charge in [0.2, 0.25) is 5.91 Å². The van der Waals surface area contributed by atoms with Crippen molar-refractivity contribution < 1.29 is 28.3 Å². The summed E-state index contributed by atoms with van der Waals surface area (Å²) in [5.41, 5.74) is 0.520. The summed E-state index contributed by atoms with van der Waals surface area (Å²) in [6.45, 7) is 1.76. The van der Waals surface area contributed by atoms with Crippen LogP contribution < -0.4 is 10.6 Å². The maximum Gasteiger partial charge on any atom is 0.357 e. The second-order valence-corrected chi connectivity index (χ2v) is 6.93. The SMILES string of the molecule is CCOC(=O)c1csc(NC(=O)C[C@@H]2NC(=O)N(Cc3cccc(F)c3)C2=O)n1. The van der Waals surface area contributed by atoms with Crippen molar-refractivity contribution in [2.75, 3.05) is 11.9 Å². The Kier molecular flexibility index (Phi) is 6.17. The molecule has 1 atom stereocenters. The van der Waals surface area contributed by atoms with Gasteiger partial charge in [-0.15, -0.1) is 11.3 Å². The molecule has 0 saturated carbocycles. The van der Waals surface area contributed by atoms with E-state index in [-0.39, 0.29) is 30.4 Å². The van der Waals surface area contributed by atoms with Crippen molar-refractivity contribution in [3.8, 4) is 0 Å². The van der Waals surface area contributed by atoms with Crippen LogP contribution in [0.15, 0.2) is 29.6 Å². The number of esters is 1. The summed E-state index contributed by atoms with van der Waals surface area (Å²) in [6.07, 6.45) is -0.307. The van der Waals surface area contributed by atoms with Crippen LogP contribution in [-0.2, 0) is 20.9 Å². The zero-order valence-corrected chi connectivity index (χ0v) is 16.1. The predicted molar refractivity (Wildman–Crippen MR) is 101 cm³/mol. The van der Waals surface area contributed by atoms with Crippen LogP contribution in [0.25, 0.3) is 0 Å². The van der Waals surface area contributed by atoms with E-state index in [1.165, 1.54) is 23.6 Å². The normalized spacial score (nSPS) is 15.9. The number of hydrogen-bond acceptors (Lipinski definition) is 7. The van der Waals surface area contributed by atoms with Crippen molar-refractivity contribution in [2.24, 2.45) is 0 Å². The first-order valence-corrected chi connectivity index (χ1v) is 9.54. The third kappa shape index (κ3) is 4.93. The number of nitrogens with zero attached hydrogens (tertiary/aromatic N) is 2. The maximum absolute atomic E-state index is 13.3. The number of amides is 4. The minimum Gasteiger partial charge on any atom is -0.461 e. The van der Waals surface area contributed by atoms with Gasteiger partial charge in [-0.3, -0.25) is 14.5 Å². The average Bonchev–Trinajstić information content (AvgIpc) is 3.22. The fraction of sp³-hybridized carbons (Fsp3) is 0.278. The summed E-state index contributed by atoms with van der Waals surface area (Å²) in [5.74, 6) is -2.21. The van der Waals surface area contributed by atoms with Gasteiger partial charge in [-0.25, -0.2) is 19.0 Å². The van der Waals surface area contributed by atoms with Crippen LogP contribution in [0.1, 0.15) is 29.4 Å². The van der Waals surface area contributed by atoms with Gasteiger partial charge in [-0.05, 0) is 24.6 Å². The molecule has 1 aliphatic rings. The molecular formula is C18H17FN4O5S. The number of benzene rings is 1. The van der Waals surface area contributed by atoms with Crippen molar-refractivity contribution in [1.29, 1.82) is 0 Å². The number of imide groups is 1. The van der Waals surface area contributed by atoms with Crippen molar-refractivity contribution in [3.05, 3.63) is 46.7 Å². The number of halogens is 1. The molecule has 11 heteroatoms. The van der Waals surface area contributed by atoms with E-state index in [1.807, 2.05) is 0 Å². The molecule has 9 nitrogen and oxygen atoms in total. The third-order valence-electron chi connectivity index (χ3n) is 3.96. The Morgan fingerprint density at radius 3 is 2.90 bits per heavy atom. The number of rotatable bonds is 7. The molecule has 0 bridgehead atoms. The molecule has 2 aromatic rings. The molecule has 1 saturated heterocycles. The monoisotopic (exact) mass is 420 g/mol. The highest BCUT2D eigenvalue weighted by Gasteiger charge is 2.39. The zero-order valence-electron chi connectivity index (χ0n) is 15.3. The average molecular weight is 420 g/mol. The van der Waals surface area contributed by atoms with Crippen LogP contribution in [0.4, 0.5) is 14.3 Å². The first-order valence-electron chi connectivity index (χ1n) is 8.66. The van der Waals surface area contributed by atoms with E-state index in [0.717, 1.165) is 16.2 Å². The molecule has 0 unspecified atom stereocenters. The highest BCUT2D eigenvalue weighted by molar-refractivity contribution is 7.14. The van der Waals surface area contributed by atoms with Crippen LogP contribution >= 0.6 is 11.3 Å². The Morgan fingerprint density at radius 1 is 1.38 bits per heavy atom. The Hall–Kier alpha value is -3.34. The number of carbonyl (C=O) groups is 4. The number of hydrogen-bond donors (Lipinski definition) is 2. The number of ether oxygens (including phenoxy) is 1. The number of urea groups is 1. The van der Waals surface area contributed by atoms with Crippen LogP contribution in [-0.4, -0.2) is 46.3 Å². The van der Waals surface area contributed by atoms with Gasteiger partial charge in [0, 0.05) is 5.38 Å². The minimum atomic E-state index is -1.04. The lowest BCUT2D eigenvalue weighted by molar-refractivity contribution is -0.130. The summed E-state index contributed by atoms with van der Waals surface area (Å²) >= 11 is 1.03. The van der Waals surface area contributed by atoms with E-state index in [9.17, 15) is 23.6 Å². The van der Waals surface area contributed by atoms with Gasteiger partial charge in [0.05, 0.1) is 19.6 Å². The van der Waals surface area contributed by atoms with E-state index < -0.39 is 35.7 Å². The predicted octanol–water partition coefficient (Wildman–Crippen LogP) is 1.91. The highest BCUT2D eigenvalue weighted by atomic mass is 32.1. The fourth-order valence-electron chi connectivity index (χ4n) is 2.67. The number of nitrogens with one attached hydrogen (secondary N) is 2. The summed E-state index contributed by atoms with van der Waals surface area (Å²) < 4.78 is 18.1. The Morgan fingerprint density at radius 2 is 2.17 bits per heavy atom. The van der Waals surface area contributed by atoms with Crippen LogP contribution in [0.3, 0.4) is 0 Å². The van der Waals surface area contributed by atoms with Gasteiger partial charge in [-0.1, -0.05) is 12.1 Å². The maximum atomic E-state index is 13.3. The summed E-state index contributed by atoms with van der Waals surface area (Å²) in [5, 5.41) is 6.53. The van der Waals surface area contributed by atoms with Crippen LogP contribution in [0.2, 0.25) is 0 Å². The molecule has 0 radical (unpaired) electrons. The van der Waals surface area contributed by atoms with Crippen molar-refractivity contribution >= 4 is 40.3 Å². The summed E-state index contributed by atoms with van der Waals surface area (Å²) in [4.78, 5) is 53.2. The van der Waals surface area contributed by atoms with Gasteiger partial charge < -0.3 is 15.4 Å². The first-order chi connectivity index (χ1) is 13.9. The molecule has 2 N–H and O–H groups in total. The topological polar surface area (TPSA) is 118 Å². The van der Waals surface area contributed by atoms with Crippen molar-refractivity contribution in [3.63, 3.8) is 0 Å². The number of aromatic nitrogens is 1. The van der Waals surface area contributed by atoms with Crippen LogP contribution in [0.5, 0.6) is 0 Å². The van der Waals surface area contributed by atoms with E-state index in [4.69, 9.17) is 4.74 Å². The molecular weight excluding hydrogens is 403 g/mol. The summed E-state index contributed by atoms with van der Waals surface area (Å²) in [7, 11) is 0. The van der Waals surface area contributed by atoms with Gasteiger partial charge in [-0.2, -0.15) is 0 Å². The molecule has 3 rings (SSSR count). The standard InChI is InChI=1S/C18H17FN4O5S/c1-2-28-16(26)13-9-29-17(20-13)22-14(24)7-12-15(25)23(18(27)21-12)8-10-4-3-5-11(19)6-10/h3-6,9,12H,2,7-8H2,1H3,(H,21,27)(H,20,22,24)/t12-/m0/s1. The van der Waals surface area contributed by atoms with Gasteiger partial charge >= 0.3 is 12.0 Å². The zero-order chi connectivity index (χ0) is 21.0. The fourth-order valence-corrected chi connectivity index (χ4v) is 3.36. The smallest absolute Gasteiger partial charge is 0.357 e. The molecule has 1 aromatic heterocycles. The number of anilines is 1. The van der Waals surface area contributed by atoms with Gasteiger partial charge in [0.1, 0.15) is 11.9 Å². The largest absolute Gasteiger partial charge is 0.461 e. The molecule has 1 aliphatic heterocycles. The molecule has 0 spiro atoms. The molecule has 0 aliphatic carbocycles. The van der Waals surface area contributed by atoms with E-state index in [2.05, 4.69) is 15.6 Å². The van der Waals surface area contributed by atoms with E-state index in [1.54, 1.807) is 13.0 Å². The lowest BCUT2D eigenvalue weighted by Crippen LogP contribution is -2.34. The van der Waals surface area contributed by atoms with E-state index in [0.29, 0.717) is 5.56 Å². The second kappa shape index (κ2) is 8.78. The van der Waals surface area contributed by atoms with Crippen molar-refractivity contribution in [2.45, 2.75) is 25.9 Å². The molecule has 152 valence electrons. The molecule has 1 fully saturated rings. The number of thiazole rings is 1. The first kappa shape index (κ1) is 20.4. The van der Waals surface area contributed by atoms with Crippen LogP contribution in [0, 0.1) is 5.82 Å². The minimum absolute atomic E-state index is 0.0682. The highest BCUT2D eigenvalue weighted by Crippen LogP contribution is 2.18. The van der Waals surface area contributed by atoms with E-state index >= 15 is 0 Å². The van der Waals surface area contributed by atoms with Gasteiger partial charge in [0.25, 0.3) is 5.91 Å². The number of carbonyl (C=O) groups excluding carboxylic acids is 4. The lowest BCUT2D eigenvalue weighted by Gasteiger charge is -2.13. The van der Waals surface area contributed by atoms with Crippen molar-refractivity contribution in [1.82, 2.24) is 15.2 Å². The molecule has 1 aromatic carbocycles. The summed E-state index contributed by atoms with van der Waals surface area (Å²) in [6, 6.07) is 3.86. The lowest BCUT2D eigenvalue weighted by atomic mass is 10.1. The quantitative estimate of drug-likeness (QED) is 0.522. The Labute approximate surface area is 168 Å². The Balaban J connectivity index is 1.57. The second-order valence-electron chi connectivity index (χ2n) is 6.07. The third-order valence-corrected chi connectivity index (χ3v) is 4.72. The molecule has 4 amide bonds. The van der Waals surface area contributed by atoms with Gasteiger partial charge in [0.15, 0.2) is 10.8 Å². The Bertz CT molecular complexity index is 963. The molecule has 2 heterocycles.